The van der Waals surface area contributed by atoms with Crippen molar-refractivity contribution in [3.05, 3.63) is 72.8 Å². The number of nitrogens with two attached hydrogens (primary N) is 1. The topological polar surface area (TPSA) is 103 Å². The summed E-state index contributed by atoms with van der Waals surface area (Å²) in [6.45, 7) is 0. The molecule has 3 N–H and O–H groups in total. The van der Waals surface area contributed by atoms with Crippen LogP contribution < -0.4 is 10.5 Å². The quantitative estimate of drug-likeness (QED) is 0.457. The Balaban J connectivity index is 1.47. The molecule has 2 heterocycles. The lowest BCUT2D eigenvalue weighted by Gasteiger charge is -2.25. The second kappa shape index (κ2) is 8.34. The largest absolute Gasteiger partial charge is 0.481 e. The molecule has 0 amide bonds. The number of rotatable bonds is 5. The summed E-state index contributed by atoms with van der Waals surface area (Å²) in [5.74, 6) is 2.07. The van der Waals surface area contributed by atoms with Gasteiger partial charge in [0.2, 0.25) is 0 Å². The van der Waals surface area contributed by atoms with E-state index in [4.69, 9.17) is 15.5 Å². The van der Waals surface area contributed by atoms with Crippen molar-refractivity contribution < 1.29 is 14.6 Å². The average molecular weight is 428 g/mol. The number of aliphatic carboxylic acids is 1. The molecule has 2 aromatic heterocycles. The molecule has 1 fully saturated rings. The van der Waals surface area contributed by atoms with Crippen molar-refractivity contribution in [2.75, 3.05) is 5.73 Å². The average Bonchev–Trinajstić information content (AvgIpc) is 3.21. The first-order valence-electron chi connectivity index (χ1n) is 10.8. The summed E-state index contributed by atoms with van der Waals surface area (Å²) in [4.78, 5) is 20.6. The number of imidazole rings is 1. The Kier molecular flexibility index (Phi) is 5.23. The van der Waals surface area contributed by atoms with Crippen LogP contribution >= 0.6 is 0 Å². The molecule has 162 valence electrons. The molecule has 0 unspecified atom stereocenters. The van der Waals surface area contributed by atoms with E-state index in [1.165, 1.54) is 0 Å². The van der Waals surface area contributed by atoms with Crippen LogP contribution in [0.25, 0.3) is 16.8 Å². The van der Waals surface area contributed by atoms with E-state index in [-0.39, 0.29) is 11.8 Å². The molecule has 32 heavy (non-hydrogen) atoms. The number of ether oxygens (including phenoxy) is 1. The van der Waals surface area contributed by atoms with Crippen LogP contribution in [0.4, 0.5) is 5.82 Å². The van der Waals surface area contributed by atoms with Gasteiger partial charge in [0.1, 0.15) is 34.4 Å². The SMILES string of the molecule is Nc1nccn2c1c(-c1ccc(Oc3ccccc3)cc1)nc2[C@H]1CC[C@H](C(=O)O)CC1. The van der Waals surface area contributed by atoms with Crippen molar-refractivity contribution in [2.24, 2.45) is 5.92 Å². The van der Waals surface area contributed by atoms with E-state index in [0.29, 0.717) is 18.7 Å². The summed E-state index contributed by atoms with van der Waals surface area (Å²) in [5, 5.41) is 9.32. The molecule has 5 rings (SSSR count). The van der Waals surface area contributed by atoms with Gasteiger partial charge >= 0.3 is 5.97 Å². The zero-order valence-electron chi connectivity index (χ0n) is 17.5. The fraction of sp³-hybridized carbons (Fsp3) is 0.240. The molecular weight excluding hydrogens is 404 g/mol. The minimum absolute atomic E-state index is 0.189. The van der Waals surface area contributed by atoms with Gasteiger partial charge in [0.05, 0.1) is 5.92 Å². The van der Waals surface area contributed by atoms with Gasteiger partial charge < -0.3 is 15.6 Å². The molecule has 0 spiro atoms. The molecule has 0 bridgehead atoms. The number of fused-ring (bicyclic) bond motifs is 1. The highest BCUT2D eigenvalue weighted by Crippen LogP contribution is 2.39. The number of para-hydroxylation sites is 1. The molecule has 1 aliphatic carbocycles. The van der Waals surface area contributed by atoms with E-state index in [2.05, 4.69) is 4.98 Å². The molecular formula is C25H24N4O3. The van der Waals surface area contributed by atoms with Crippen molar-refractivity contribution in [1.82, 2.24) is 14.4 Å². The van der Waals surface area contributed by atoms with Gasteiger partial charge in [0, 0.05) is 23.9 Å². The van der Waals surface area contributed by atoms with Crippen molar-refractivity contribution in [3.8, 4) is 22.8 Å². The maximum absolute atomic E-state index is 11.3. The highest BCUT2D eigenvalue weighted by molar-refractivity contribution is 5.85. The summed E-state index contributed by atoms with van der Waals surface area (Å²) in [6, 6.07) is 17.4. The number of carboxylic acid groups (broad SMARTS) is 1. The number of anilines is 1. The van der Waals surface area contributed by atoms with Gasteiger partial charge in [0.15, 0.2) is 0 Å². The van der Waals surface area contributed by atoms with E-state index in [1.807, 2.05) is 65.2 Å². The van der Waals surface area contributed by atoms with Gasteiger partial charge in [-0.3, -0.25) is 9.20 Å². The van der Waals surface area contributed by atoms with Crippen LogP contribution in [0.2, 0.25) is 0 Å². The molecule has 7 heteroatoms. The maximum Gasteiger partial charge on any atom is 0.306 e. The van der Waals surface area contributed by atoms with E-state index < -0.39 is 5.97 Å². The van der Waals surface area contributed by atoms with Crippen LogP contribution in [0, 0.1) is 5.92 Å². The second-order valence-corrected chi connectivity index (χ2v) is 8.18. The highest BCUT2D eigenvalue weighted by atomic mass is 16.5. The fourth-order valence-electron chi connectivity index (χ4n) is 4.48. The molecule has 0 atom stereocenters. The molecule has 7 nitrogen and oxygen atoms in total. The monoisotopic (exact) mass is 428 g/mol. The Morgan fingerprint density at radius 3 is 2.38 bits per heavy atom. The smallest absolute Gasteiger partial charge is 0.306 e. The number of hydrogen-bond donors (Lipinski definition) is 2. The number of nitrogens with zero attached hydrogens (tertiary/aromatic N) is 3. The lowest BCUT2D eigenvalue weighted by molar-refractivity contribution is -0.142. The Morgan fingerprint density at radius 1 is 1.00 bits per heavy atom. The lowest BCUT2D eigenvalue weighted by atomic mass is 9.81. The minimum atomic E-state index is -0.705. The van der Waals surface area contributed by atoms with Crippen LogP contribution in [0.1, 0.15) is 37.4 Å². The lowest BCUT2D eigenvalue weighted by Crippen LogP contribution is -2.21. The summed E-state index contributed by atoms with van der Waals surface area (Å²) >= 11 is 0. The number of carbonyl (C=O) groups is 1. The first-order chi connectivity index (χ1) is 15.6. The van der Waals surface area contributed by atoms with Gasteiger partial charge in [-0.25, -0.2) is 9.97 Å². The predicted molar refractivity (Wildman–Crippen MR) is 122 cm³/mol. The molecule has 1 saturated carbocycles. The second-order valence-electron chi connectivity index (χ2n) is 8.18. The van der Waals surface area contributed by atoms with Crippen LogP contribution in [0.5, 0.6) is 11.5 Å². The fourth-order valence-corrected chi connectivity index (χ4v) is 4.48. The van der Waals surface area contributed by atoms with E-state index >= 15 is 0 Å². The third kappa shape index (κ3) is 3.77. The van der Waals surface area contributed by atoms with E-state index in [1.54, 1.807) is 6.20 Å². The third-order valence-electron chi connectivity index (χ3n) is 6.16. The van der Waals surface area contributed by atoms with Gasteiger partial charge in [-0.05, 0) is 62.1 Å². The maximum atomic E-state index is 11.3. The van der Waals surface area contributed by atoms with Gasteiger partial charge in [0.25, 0.3) is 0 Å². The predicted octanol–water partition coefficient (Wildman–Crippen LogP) is 5.13. The number of carboxylic acids is 1. The Hall–Kier alpha value is -3.87. The summed E-state index contributed by atoms with van der Waals surface area (Å²) in [5.41, 5.74) is 8.73. The van der Waals surface area contributed by atoms with E-state index in [9.17, 15) is 9.90 Å². The number of aromatic nitrogens is 3. The number of hydrogen-bond acceptors (Lipinski definition) is 5. The number of benzene rings is 2. The number of nitrogen functional groups attached to an aromatic ring is 1. The molecule has 4 aromatic rings. The normalized spacial score (nSPS) is 18.5. The van der Waals surface area contributed by atoms with Gasteiger partial charge in [-0.1, -0.05) is 18.2 Å². The molecule has 0 radical (unpaired) electrons. The summed E-state index contributed by atoms with van der Waals surface area (Å²) in [6.07, 6.45) is 6.47. The standard InChI is InChI=1S/C25H24N4O3/c26-23-22-21(16-10-12-20(13-11-16)32-19-4-2-1-3-5-19)28-24(29(22)15-14-27-23)17-6-8-18(9-7-17)25(30)31/h1-5,10-15,17-18H,6-9H2,(H2,26,27)(H,30,31)/t17-,18-. The zero-order valence-corrected chi connectivity index (χ0v) is 17.5. The molecule has 0 saturated heterocycles. The van der Waals surface area contributed by atoms with Crippen LogP contribution in [-0.2, 0) is 4.79 Å². The Bertz CT molecular complexity index is 1240. The Labute approximate surface area is 185 Å². The van der Waals surface area contributed by atoms with Gasteiger partial charge in [-0.15, -0.1) is 0 Å². The minimum Gasteiger partial charge on any atom is -0.481 e. The van der Waals surface area contributed by atoms with Crippen molar-refractivity contribution in [3.63, 3.8) is 0 Å². The summed E-state index contributed by atoms with van der Waals surface area (Å²) < 4.78 is 7.91. The van der Waals surface area contributed by atoms with E-state index in [0.717, 1.165) is 46.9 Å². The van der Waals surface area contributed by atoms with Crippen molar-refractivity contribution in [1.29, 1.82) is 0 Å². The first-order valence-corrected chi connectivity index (χ1v) is 10.8. The van der Waals surface area contributed by atoms with Crippen LogP contribution in [0.15, 0.2) is 67.0 Å². The highest BCUT2D eigenvalue weighted by Gasteiger charge is 2.30. The van der Waals surface area contributed by atoms with Crippen LogP contribution in [-0.4, -0.2) is 25.4 Å². The third-order valence-corrected chi connectivity index (χ3v) is 6.16. The first kappa shape index (κ1) is 20.1. The summed E-state index contributed by atoms with van der Waals surface area (Å²) in [7, 11) is 0. The zero-order chi connectivity index (χ0) is 22.1. The molecule has 2 aromatic carbocycles. The van der Waals surface area contributed by atoms with Gasteiger partial charge in [-0.2, -0.15) is 0 Å². The van der Waals surface area contributed by atoms with Crippen LogP contribution in [0.3, 0.4) is 0 Å². The van der Waals surface area contributed by atoms with Crippen molar-refractivity contribution in [2.45, 2.75) is 31.6 Å². The Morgan fingerprint density at radius 2 is 1.69 bits per heavy atom. The molecule has 1 aliphatic rings. The van der Waals surface area contributed by atoms with Crippen molar-refractivity contribution >= 4 is 17.3 Å². The molecule has 0 aliphatic heterocycles.